The molecule has 7 nitrogen and oxygen atoms in total. The van der Waals surface area contributed by atoms with Crippen molar-refractivity contribution < 1.29 is 38.7 Å². The van der Waals surface area contributed by atoms with E-state index in [9.17, 15) is 24.5 Å². The molecule has 1 fully saturated rings. The number of rotatable bonds is 9. The van der Waals surface area contributed by atoms with Gasteiger partial charge in [-0.25, -0.2) is 9.18 Å². The van der Waals surface area contributed by atoms with Crippen molar-refractivity contribution >= 4 is 29.3 Å². The largest absolute Gasteiger partial charge is 0.494 e. The Morgan fingerprint density at radius 2 is 1.77 bits per heavy atom. The van der Waals surface area contributed by atoms with Crippen LogP contribution in [0.4, 0.5) is 4.39 Å². The van der Waals surface area contributed by atoms with Gasteiger partial charge in [0.2, 0.25) is 0 Å². The van der Waals surface area contributed by atoms with Crippen molar-refractivity contribution in [3.8, 4) is 5.75 Å². The topological polar surface area (TPSA) is 105 Å². The zero-order valence-corrected chi connectivity index (χ0v) is 23.0. The van der Waals surface area contributed by atoms with Gasteiger partial charge >= 0.3 is 5.97 Å². The second-order valence-electron chi connectivity index (χ2n) is 9.12. The maximum Gasteiger partial charge on any atom is 0.337 e. The van der Waals surface area contributed by atoms with E-state index in [0.717, 1.165) is 34.7 Å². The molecule has 5 atom stereocenters. The van der Waals surface area contributed by atoms with Gasteiger partial charge in [0.25, 0.3) is 0 Å². The average molecular weight is 577 g/mol. The van der Waals surface area contributed by atoms with E-state index < -0.39 is 42.3 Å². The molecule has 3 aromatic rings. The first kappa shape index (κ1) is 29.3. The summed E-state index contributed by atoms with van der Waals surface area (Å²) in [6.07, 6.45) is -5.69. The second-order valence-corrected chi connectivity index (χ2v) is 10.6. The fraction of sp³-hybridized carbons (Fsp3) is 0.345. The molecule has 0 bridgehead atoms. The molecule has 0 aromatic heterocycles. The molecule has 0 radical (unpaired) electrons. The van der Waals surface area contributed by atoms with E-state index in [1.807, 2.05) is 31.2 Å². The Kier molecular flexibility index (Phi) is 9.87. The summed E-state index contributed by atoms with van der Waals surface area (Å²) in [5.74, 6) is -0.330. The van der Waals surface area contributed by atoms with Crippen molar-refractivity contribution in [2.75, 3.05) is 19.5 Å². The minimum absolute atomic E-state index is 0.0512. The van der Waals surface area contributed by atoms with Crippen LogP contribution >= 0.6 is 23.4 Å². The zero-order valence-electron chi connectivity index (χ0n) is 21.4. The number of carbonyl (C=O) groups is 1. The van der Waals surface area contributed by atoms with Crippen molar-refractivity contribution in [1.82, 2.24) is 0 Å². The predicted octanol–water partition coefficient (Wildman–Crippen LogP) is 4.57. The molecule has 1 saturated heterocycles. The van der Waals surface area contributed by atoms with Gasteiger partial charge in [-0.05, 0) is 66.4 Å². The number of carbonyl (C=O) groups excluding carboxylic acids is 1. The van der Waals surface area contributed by atoms with Crippen molar-refractivity contribution in [3.63, 3.8) is 0 Å². The number of halogens is 2. The summed E-state index contributed by atoms with van der Waals surface area (Å²) in [5, 5.41) is 32.5. The molecule has 0 spiro atoms. The number of ether oxygens (including phenoxy) is 3. The number of esters is 1. The second kappa shape index (κ2) is 13.1. The normalized spacial score (nSPS) is 22.9. The van der Waals surface area contributed by atoms with E-state index in [4.69, 9.17) is 25.8 Å². The summed E-state index contributed by atoms with van der Waals surface area (Å²) < 4.78 is 30.6. The molecule has 1 aliphatic heterocycles. The number of hydrogen-bond donors (Lipinski definition) is 3. The van der Waals surface area contributed by atoms with E-state index in [0.29, 0.717) is 23.6 Å². The van der Waals surface area contributed by atoms with Gasteiger partial charge < -0.3 is 29.5 Å². The smallest absolute Gasteiger partial charge is 0.337 e. The van der Waals surface area contributed by atoms with E-state index >= 15 is 0 Å². The van der Waals surface area contributed by atoms with E-state index in [1.165, 1.54) is 19.2 Å². The number of aliphatic hydroxyl groups excluding tert-OH is 3. The third kappa shape index (κ3) is 6.92. The third-order valence-corrected chi connectivity index (χ3v) is 7.98. The lowest BCUT2D eigenvalue weighted by Crippen LogP contribution is -2.54. The molecule has 3 N–H and O–H groups in total. The lowest BCUT2D eigenvalue weighted by Gasteiger charge is -2.41. The third-order valence-electron chi connectivity index (χ3n) is 6.49. The fourth-order valence-electron chi connectivity index (χ4n) is 4.39. The molecule has 1 heterocycles. The molecular weight excluding hydrogens is 547 g/mol. The Balaban J connectivity index is 1.51. The van der Waals surface area contributed by atoms with Crippen molar-refractivity contribution in [1.29, 1.82) is 0 Å². The van der Waals surface area contributed by atoms with Gasteiger partial charge in [0.1, 0.15) is 36.0 Å². The maximum absolute atomic E-state index is 14.4. The quantitative estimate of drug-likeness (QED) is 0.251. The van der Waals surface area contributed by atoms with Crippen molar-refractivity contribution in [2.45, 2.75) is 48.8 Å². The van der Waals surface area contributed by atoms with Crippen LogP contribution in [0.1, 0.15) is 40.1 Å². The lowest BCUT2D eigenvalue weighted by atomic mass is 9.90. The summed E-state index contributed by atoms with van der Waals surface area (Å²) >= 11 is 7.49. The Bertz CT molecular complexity index is 1290. The molecule has 208 valence electrons. The number of thioether (sulfide) groups is 1. The van der Waals surface area contributed by atoms with Gasteiger partial charge in [-0.15, -0.1) is 11.8 Å². The highest BCUT2D eigenvalue weighted by atomic mass is 35.5. The summed E-state index contributed by atoms with van der Waals surface area (Å²) in [6.45, 7) is 2.49. The van der Waals surface area contributed by atoms with Crippen LogP contribution < -0.4 is 4.74 Å². The number of aliphatic hydroxyl groups is 3. The number of methoxy groups -OCH3 is 1. The first-order valence-corrected chi connectivity index (χ1v) is 13.8. The van der Waals surface area contributed by atoms with Crippen LogP contribution in [-0.2, 0) is 15.9 Å². The van der Waals surface area contributed by atoms with Crippen LogP contribution in [-0.4, -0.2) is 65.2 Å². The SMILES string of the molecule is CCOc1ccc(Cc2cc([C@@H]3O[C@H](CSc4cc(C(=O)OC)ccc4F)[C@H](O)[C@@H](O)[C@H]3O)ccc2Cl)cc1. The molecule has 0 unspecified atom stereocenters. The van der Waals surface area contributed by atoms with E-state index in [-0.39, 0.29) is 16.2 Å². The molecular formula is C29H30ClFO7S. The van der Waals surface area contributed by atoms with Crippen LogP contribution in [0.2, 0.25) is 5.02 Å². The highest BCUT2D eigenvalue weighted by Gasteiger charge is 2.44. The standard InChI is InChI=1S/C29H30ClFO7S/c1-3-37-20-8-4-16(5-9-20)12-19-13-17(6-10-21(19)30)28-27(34)26(33)25(32)23(38-28)15-39-24-14-18(29(35)36-2)7-11-22(24)31/h4-11,13-14,23,25-28,32-34H,3,12,15H2,1-2H3/t23-,25+,26-,27-,28+/m1/s1. The molecule has 0 aliphatic carbocycles. The highest BCUT2D eigenvalue weighted by molar-refractivity contribution is 7.99. The van der Waals surface area contributed by atoms with Gasteiger partial charge in [-0.2, -0.15) is 0 Å². The molecule has 10 heteroatoms. The zero-order chi connectivity index (χ0) is 28.1. The van der Waals surface area contributed by atoms with Gasteiger partial charge in [0, 0.05) is 15.7 Å². The van der Waals surface area contributed by atoms with E-state index in [1.54, 1.807) is 18.2 Å². The Labute approximate surface area is 235 Å². The van der Waals surface area contributed by atoms with E-state index in [2.05, 4.69) is 0 Å². The van der Waals surface area contributed by atoms with Crippen LogP contribution in [0, 0.1) is 5.82 Å². The summed E-state index contributed by atoms with van der Waals surface area (Å²) in [6, 6.07) is 16.7. The van der Waals surface area contributed by atoms with Crippen LogP contribution in [0.25, 0.3) is 0 Å². The van der Waals surface area contributed by atoms with Crippen LogP contribution in [0.15, 0.2) is 65.6 Å². The first-order chi connectivity index (χ1) is 18.7. The molecule has 0 saturated carbocycles. The lowest BCUT2D eigenvalue weighted by molar-refractivity contribution is -0.218. The Morgan fingerprint density at radius 1 is 1.03 bits per heavy atom. The van der Waals surface area contributed by atoms with Gasteiger partial charge in [0.05, 0.1) is 25.4 Å². The average Bonchev–Trinajstić information content (AvgIpc) is 2.94. The van der Waals surface area contributed by atoms with Crippen LogP contribution in [0.3, 0.4) is 0 Å². The number of hydrogen-bond acceptors (Lipinski definition) is 8. The predicted molar refractivity (Wildman–Crippen MR) is 146 cm³/mol. The molecule has 0 amide bonds. The summed E-state index contributed by atoms with van der Waals surface area (Å²) in [5.41, 5.74) is 2.56. The minimum atomic E-state index is -1.49. The Morgan fingerprint density at radius 3 is 2.46 bits per heavy atom. The molecule has 3 aromatic carbocycles. The van der Waals surface area contributed by atoms with Gasteiger partial charge in [-0.3, -0.25) is 0 Å². The monoisotopic (exact) mass is 576 g/mol. The molecule has 1 aliphatic rings. The summed E-state index contributed by atoms with van der Waals surface area (Å²) in [4.78, 5) is 12.0. The fourth-order valence-corrected chi connectivity index (χ4v) is 5.61. The van der Waals surface area contributed by atoms with Crippen LogP contribution in [0.5, 0.6) is 5.75 Å². The Hall–Kier alpha value is -2.66. The molecule has 39 heavy (non-hydrogen) atoms. The van der Waals surface area contributed by atoms with Crippen molar-refractivity contribution in [2.24, 2.45) is 0 Å². The first-order valence-electron chi connectivity index (χ1n) is 12.4. The minimum Gasteiger partial charge on any atom is -0.494 e. The maximum atomic E-state index is 14.4. The van der Waals surface area contributed by atoms with Gasteiger partial charge in [-0.1, -0.05) is 35.9 Å². The molecule has 4 rings (SSSR count). The number of benzene rings is 3. The highest BCUT2D eigenvalue weighted by Crippen LogP contribution is 2.37. The van der Waals surface area contributed by atoms with Crippen molar-refractivity contribution in [3.05, 3.63) is 93.8 Å². The summed E-state index contributed by atoms with van der Waals surface area (Å²) in [7, 11) is 1.23. The van der Waals surface area contributed by atoms with Gasteiger partial charge in [0.15, 0.2) is 0 Å².